The largest absolute Gasteiger partial charge is 0.463 e. The zero-order valence-electron chi connectivity index (χ0n) is 8.76. The van der Waals surface area contributed by atoms with Crippen molar-refractivity contribution in [3.05, 3.63) is 11.6 Å². The van der Waals surface area contributed by atoms with Crippen molar-refractivity contribution < 1.29 is 32.2 Å². The molecule has 4 nitrogen and oxygen atoms in total. The van der Waals surface area contributed by atoms with E-state index in [-0.39, 0.29) is 19.3 Å². The molecule has 0 bridgehead atoms. The van der Waals surface area contributed by atoms with Crippen molar-refractivity contribution >= 4 is 11.9 Å². The summed E-state index contributed by atoms with van der Waals surface area (Å²) < 4.78 is 45.4. The maximum absolute atomic E-state index is 12.3. The lowest BCUT2D eigenvalue weighted by molar-refractivity contribution is -0.152. The lowest BCUT2D eigenvalue weighted by atomic mass is 10.2. The first-order chi connectivity index (χ1) is 7.32. The predicted molar refractivity (Wildman–Crippen MR) is 47.4 cm³/mol. The number of carbonyl (C=O) groups is 2. The van der Waals surface area contributed by atoms with Crippen molar-refractivity contribution in [2.45, 2.75) is 20.0 Å². The Morgan fingerprint density at radius 1 is 1.12 bits per heavy atom. The predicted octanol–water partition coefficient (Wildman–Crippen LogP) is 1.60. The second kappa shape index (κ2) is 6.14. The second-order valence-electron chi connectivity index (χ2n) is 2.53. The summed E-state index contributed by atoms with van der Waals surface area (Å²) in [6, 6.07) is 0. The van der Waals surface area contributed by atoms with Crippen molar-refractivity contribution in [3.8, 4) is 0 Å². The molecule has 92 valence electrons. The van der Waals surface area contributed by atoms with Gasteiger partial charge >= 0.3 is 18.1 Å². The van der Waals surface area contributed by atoms with Crippen LogP contribution >= 0.6 is 0 Å². The van der Waals surface area contributed by atoms with E-state index in [1.807, 2.05) is 0 Å². The molecule has 0 N–H and O–H groups in total. The van der Waals surface area contributed by atoms with Gasteiger partial charge in [-0.2, -0.15) is 13.2 Å². The van der Waals surface area contributed by atoms with Crippen molar-refractivity contribution in [1.82, 2.24) is 0 Å². The summed E-state index contributed by atoms with van der Waals surface area (Å²) in [4.78, 5) is 21.7. The van der Waals surface area contributed by atoms with Crippen LogP contribution in [-0.2, 0) is 19.1 Å². The van der Waals surface area contributed by atoms with Gasteiger partial charge in [-0.05, 0) is 13.8 Å². The number of halogens is 3. The van der Waals surface area contributed by atoms with Crippen LogP contribution in [-0.4, -0.2) is 31.3 Å². The highest BCUT2D eigenvalue weighted by Crippen LogP contribution is 2.26. The van der Waals surface area contributed by atoms with Gasteiger partial charge in [0.05, 0.1) is 13.2 Å². The zero-order chi connectivity index (χ0) is 12.8. The van der Waals surface area contributed by atoms with Crippen LogP contribution in [0.5, 0.6) is 0 Å². The molecule has 0 rings (SSSR count). The molecule has 0 amide bonds. The van der Waals surface area contributed by atoms with E-state index in [9.17, 15) is 22.8 Å². The fraction of sp³-hybridized carbons (Fsp3) is 0.556. The van der Waals surface area contributed by atoms with E-state index < -0.39 is 23.7 Å². The van der Waals surface area contributed by atoms with E-state index >= 15 is 0 Å². The van der Waals surface area contributed by atoms with Gasteiger partial charge in [-0.15, -0.1) is 0 Å². The van der Waals surface area contributed by atoms with E-state index in [0.29, 0.717) is 0 Å². The van der Waals surface area contributed by atoms with Gasteiger partial charge in [-0.1, -0.05) is 0 Å². The highest BCUT2D eigenvalue weighted by atomic mass is 19.4. The molecule has 0 aromatic carbocycles. The van der Waals surface area contributed by atoms with E-state index in [1.165, 1.54) is 13.8 Å². The third kappa shape index (κ3) is 4.81. The van der Waals surface area contributed by atoms with Crippen molar-refractivity contribution in [2.75, 3.05) is 13.2 Å². The fourth-order valence-corrected chi connectivity index (χ4v) is 0.767. The number of esters is 2. The van der Waals surface area contributed by atoms with Gasteiger partial charge < -0.3 is 9.47 Å². The summed E-state index contributed by atoms with van der Waals surface area (Å²) >= 11 is 0. The maximum atomic E-state index is 12.3. The van der Waals surface area contributed by atoms with Gasteiger partial charge in [-0.3, -0.25) is 0 Å². The smallest absolute Gasteiger partial charge is 0.423 e. The molecule has 0 aliphatic carbocycles. The fourth-order valence-electron chi connectivity index (χ4n) is 0.767. The van der Waals surface area contributed by atoms with Crippen molar-refractivity contribution in [3.63, 3.8) is 0 Å². The summed E-state index contributed by atoms with van der Waals surface area (Å²) in [5.74, 6) is -2.83. The van der Waals surface area contributed by atoms with Gasteiger partial charge in [0.25, 0.3) is 0 Å². The van der Waals surface area contributed by atoms with Crippen LogP contribution in [0, 0.1) is 0 Å². The summed E-state index contributed by atoms with van der Waals surface area (Å²) in [6.07, 6.45) is -4.86. The van der Waals surface area contributed by atoms with Crippen molar-refractivity contribution in [2.24, 2.45) is 0 Å². The molecule has 0 spiro atoms. The molecule has 0 aromatic rings. The molecule has 0 unspecified atom stereocenters. The minimum absolute atomic E-state index is 0.0801. The first kappa shape index (κ1) is 14.5. The van der Waals surface area contributed by atoms with Gasteiger partial charge in [0.1, 0.15) is 5.57 Å². The number of carbonyl (C=O) groups excluding carboxylic acids is 2. The summed E-state index contributed by atoms with van der Waals surface area (Å²) in [7, 11) is 0. The molecular formula is C9H11F3O4. The topological polar surface area (TPSA) is 52.6 Å². The van der Waals surface area contributed by atoms with Crippen LogP contribution in [0.25, 0.3) is 0 Å². The Labute approximate surface area is 90.0 Å². The molecule has 0 atom stereocenters. The maximum Gasteiger partial charge on any atom is 0.423 e. The molecule has 0 aliphatic heterocycles. The van der Waals surface area contributed by atoms with Crippen LogP contribution in [0.4, 0.5) is 13.2 Å². The average Bonchev–Trinajstić information content (AvgIpc) is 2.13. The Balaban J connectivity index is 4.95. The average molecular weight is 240 g/mol. The SMILES string of the molecule is CCOC(=O)/C=C(\C(=O)OCC)C(F)(F)F. The highest BCUT2D eigenvalue weighted by Gasteiger charge is 2.40. The van der Waals surface area contributed by atoms with Gasteiger partial charge in [0.15, 0.2) is 0 Å². The number of hydrogen-bond acceptors (Lipinski definition) is 4. The first-order valence-electron chi connectivity index (χ1n) is 4.45. The summed E-state index contributed by atoms with van der Waals surface area (Å²) in [5, 5.41) is 0. The lowest BCUT2D eigenvalue weighted by Gasteiger charge is -2.09. The quantitative estimate of drug-likeness (QED) is 0.553. The Hall–Kier alpha value is -1.53. The Kier molecular flexibility index (Phi) is 5.55. The molecule has 0 saturated heterocycles. The first-order valence-corrected chi connectivity index (χ1v) is 4.45. The molecule has 0 aromatic heterocycles. The molecular weight excluding hydrogens is 229 g/mol. The van der Waals surface area contributed by atoms with Crippen LogP contribution in [0.2, 0.25) is 0 Å². The Morgan fingerprint density at radius 2 is 1.62 bits per heavy atom. The molecule has 0 aliphatic rings. The minimum atomic E-state index is -4.95. The monoisotopic (exact) mass is 240 g/mol. The summed E-state index contributed by atoms with van der Waals surface area (Å²) in [6.45, 7) is 2.50. The Bertz CT molecular complexity index is 294. The number of hydrogen-bond donors (Lipinski definition) is 0. The molecule has 0 radical (unpaired) electrons. The van der Waals surface area contributed by atoms with Crippen molar-refractivity contribution in [1.29, 1.82) is 0 Å². The molecule has 0 saturated carbocycles. The summed E-state index contributed by atoms with van der Waals surface area (Å²) in [5.41, 5.74) is -1.67. The van der Waals surface area contributed by atoms with Crippen LogP contribution in [0.1, 0.15) is 13.8 Å². The van der Waals surface area contributed by atoms with E-state index in [2.05, 4.69) is 9.47 Å². The third-order valence-electron chi connectivity index (χ3n) is 1.35. The Morgan fingerprint density at radius 3 is 2.00 bits per heavy atom. The normalized spacial score (nSPS) is 12.2. The zero-order valence-corrected chi connectivity index (χ0v) is 8.76. The van der Waals surface area contributed by atoms with Gasteiger partial charge in [-0.25, -0.2) is 9.59 Å². The molecule has 7 heteroatoms. The van der Waals surface area contributed by atoms with E-state index in [1.54, 1.807) is 0 Å². The second-order valence-corrected chi connectivity index (χ2v) is 2.53. The van der Waals surface area contributed by atoms with Crippen LogP contribution in [0.15, 0.2) is 11.6 Å². The van der Waals surface area contributed by atoms with Crippen LogP contribution < -0.4 is 0 Å². The third-order valence-corrected chi connectivity index (χ3v) is 1.35. The van der Waals surface area contributed by atoms with Gasteiger partial charge in [0.2, 0.25) is 0 Å². The molecule has 16 heavy (non-hydrogen) atoms. The lowest BCUT2D eigenvalue weighted by Crippen LogP contribution is -2.23. The number of ether oxygens (including phenoxy) is 2. The number of alkyl halides is 3. The van der Waals surface area contributed by atoms with E-state index in [0.717, 1.165) is 0 Å². The number of rotatable bonds is 4. The van der Waals surface area contributed by atoms with E-state index in [4.69, 9.17) is 0 Å². The molecule has 0 heterocycles. The molecule has 0 fully saturated rings. The standard InChI is InChI=1S/C9H11F3O4/c1-3-15-7(13)5-6(9(10,11)12)8(14)16-4-2/h5H,3-4H2,1-2H3/b6-5+. The highest BCUT2D eigenvalue weighted by molar-refractivity contribution is 5.97. The van der Waals surface area contributed by atoms with Gasteiger partial charge in [0, 0.05) is 6.08 Å². The minimum Gasteiger partial charge on any atom is -0.463 e. The van der Waals surface area contributed by atoms with Crippen LogP contribution in [0.3, 0.4) is 0 Å².